The van der Waals surface area contributed by atoms with E-state index in [0.29, 0.717) is 5.56 Å². The van der Waals surface area contributed by atoms with Gasteiger partial charge in [0, 0.05) is 34.2 Å². The van der Waals surface area contributed by atoms with Crippen LogP contribution in [0.4, 0.5) is 18.9 Å². The van der Waals surface area contributed by atoms with E-state index in [4.69, 9.17) is 28.0 Å². The molecule has 28 heavy (non-hydrogen) atoms. The highest BCUT2D eigenvalue weighted by Crippen LogP contribution is 2.49. The molecule has 0 saturated heterocycles. The van der Waals surface area contributed by atoms with E-state index in [-0.39, 0.29) is 27.0 Å². The van der Waals surface area contributed by atoms with Gasteiger partial charge < -0.3 is 4.84 Å². The summed E-state index contributed by atoms with van der Waals surface area (Å²) in [5, 5.41) is 14.3. The molecular weight excluding hydrogens is 420 g/mol. The van der Waals surface area contributed by atoms with Gasteiger partial charge in [-0.3, -0.25) is 10.1 Å². The van der Waals surface area contributed by atoms with E-state index in [1.54, 1.807) is 0 Å². The Morgan fingerprint density at radius 3 is 2.25 bits per heavy atom. The van der Waals surface area contributed by atoms with Crippen LogP contribution in [0.2, 0.25) is 10.0 Å². The molecule has 1 unspecified atom stereocenters. The maximum atomic E-state index is 13.8. The molecule has 0 N–H and O–H groups in total. The van der Waals surface area contributed by atoms with E-state index < -0.39 is 23.1 Å². The summed E-state index contributed by atoms with van der Waals surface area (Å²) in [4.78, 5) is 15.0. The van der Waals surface area contributed by atoms with Crippen molar-refractivity contribution in [3.63, 3.8) is 0 Å². The lowest BCUT2D eigenvalue weighted by molar-refractivity contribution is -0.384. The van der Waals surface area contributed by atoms with Crippen LogP contribution in [0.15, 0.2) is 53.7 Å². The second-order valence-electron chi connectivity index (χ2n) is 6.02. The van der Waals surface area contributed by atoms with Crippen LogP contribution in [0.25, 0.3) is 6.08 Å². The Morgan fingerprint density at radius 1 is 1.11 bits per heavy atom. The van der Waals surface area contributed by atoms with Gasteiger partial charge >= 0.3 is 6.18 Å². The van der Waals surface area contributed by atoms with Crippen molar-refractivity contribution in [1.29, 1.82) is 0 Å². The molecule has 3 rings (SSSR count). The average Bonchev–Trinajstić information content (AvgIpc) is 3.05. The van der Waals surface area contributed by atoms with Gasteiger partial charge in [-0.2, -0.15) is 13.2 Å². The van der Waals surface area contributed by atoms with Gasteiger partial charge in [0.05, 0.1) is 10.6 Å². The number of benzene rings is 2. The molecule has 1 aliphatic heterocycles. The minimum Gasteiger partial charge on any atom is -0.374 e. The van der Waals surface area contributed by atoms with Crippen molar-refractivity contribution < 1.29 is 22.9 Å². The first-order chi connectivity index (χ1) is 13.1. The number of oxime groups is 1. The minimum atomic E-state index is -4.77. The second-order valence-corrected chi connectivity index (χ2v) is 6.89. The Bertz CT molecular complexity index is 955. The number of nitro groups is 1. The van der Waals surface area contributed by atoms with E-state index in [1.165, 1.54) is 42.5 Å². The monoisotopic (exact) mass is 430 g/mol. The summed E-state index contributed by atoms with van der Waals surface area (Å²) in [5.74, 6) is 0. The lowest BCUT2D eigenvalue weighted by Gasteiger charge is -2.29. The fourth-order valence-corrected chi connectivity index (χ4v) is 3.23. The molecule has 146 valence electrons. The highest BCUT2D eigenvalue weighted by molar-refractivity contribution is 6.34. The summed E-state index contributed by atoms with van der Waals surface area (Å²) in [6.45, 7) is 0. The number of non-ortho nitro benzene ring substituents is 1. The topological polar surface area (TPSA) is 64.7 Å². The molecule has 0 spiro atoms. The van der Waals surface area contributed by atoms with Crippen LogP contribution in [0.3, 0.4) is 0 Å². The van der Waals surface area contributed by atoms with Crippen molar-refractivity contribution in [2.45, 2.75) is 18.2 Å². The van der Waals surface area contributed by atoms with Gasteiger partial charge in [0.25, 0.3) is 11.3 Å². The van der Waals surface area contributed by atoms with E-state index >= 15 is 0 Å². The first-order valence-electron chi connectivity index (χ1n) is 7.82. The van der Waals surface area contributed by atoms with Gasteiger partial charge in [0.1, 0.15) is 0 Å². The summed E-state index contributed by atoms with van der Waals surface area (Å²) in [7, 11) is 0. The van der Waals surface area contributed by atoms with Gasteiger partial charge in [-0.05, 0) is 42.0 Å². The van der Waals surface area contributed by atoms with Gasteiger partial charge in [-0.25, -0.2) is 0 Å². The molecule has 0 bridgehead atoms. The van der Waals surface area contributed by atoms with Crippen molar-refractivity contribution in [3.05, 3.63) is 79.8 Å². The standard InChI is InChI=1S/C18H11Cl2F3N2O3/c19-13-7-12(8-14(20)9-13)17(18(21,22)23)10-15(24-28-17)4-1-11-2-5-16(6-3-11)25(26)27/h1-9H,10H2/b4-1+. The molecule has 0 aromatic heterocycles. The number of nitro benzene ring substituents is 1. The molecule has 2 aromatic rings. The van der Waals surface area contributed by atoms with E-state index in [9.17, 15) is 23.3 Å². The molecule has 1 heterocycles. The number of halogens is 5. The molecule has 0 fully saturated rings. The normalized spacial score (nSPS) is 19.5. The zero-order chi connectivity index (χ0) is 20.5. The number of rotatable bonds is 4. The lowest BCUT2D eigenvalue weighted by atomic mass is 9.88. The molecule has 1 atom stereocenters. The number of hydrogen-bond donors (Lipinski definition) is 0. The molecule has 10 heteroatoms. The predicted molar refractivity (Wildman–Crippen MR) is 99.5 cm³/mol. The molecule has 0 radical (unpaired) electrons. The smallest absolute Gasteiger partial charge is 0.374 e. The first-order valence-corrected chi connectivity index (χ1v) is 8.57. The summed E-state index contributed by atoms with van der Waals surface area (Å²) in [6.07, 6.45) is -2.49. The third kappa shape index (κ3) is 3.98. The molecule has 0 aliphatic carbocycles. The summed E-state index contributed by atoms with van der Waals surface area (Å²) in [6, 6.07) is 9.12. The average molecular weight is 431 g/mol. The Balaban J connectivity index is 1.86. The fraction of sp³-hybridized carbons (Fsp3) is 0.167. The highest BCUT2D eigenvalue weighted by Gasteiger charge is 2.62. The second kappa shape index (κ2) is 7.44. The van der Waals surface area contributed by atoms with Crippen molar-refractivity contribution >= 4 is 40.7 Å². The third-order valence-corrected chi connectivity index (χ3v) is 4.54. The third-order valence-electron chi connectivity index (χ3n) is 4.11. The predicted octanol–water partition coefficient (Wildman–Crippen LogP) is 6.15. The number of hydrogen-bond acceptors (Lipinski definition) is 4. The molecule has 5 nitrogen and oxygen atoms in total. The number of alkyl halides is 3. The molecular formula is C18H11Cl2F3N2O3. The lowest BCUT2D eigenvalue weighted by Crippen LogP contribution is -2.42. The van der Waals surface area contributed by atoms with Crippen molar-refractivity contribution in [2.24, 2.45) is 5.16 Å². The van der Waals surface area contributed by atoms with Gasteiger partial charge in [-0.15, -0.1) is 0 Å². The summed E-state index contributed by atoms with van der Waals surface area (Å²) >= 11 is 11.7. The Kier molecular flexibility index (Phi) is 5.36. The van der Waals surface area contributed by atoms with E-state index in [2.05, 4.69) is 5.16 Å². The SMILES string of the molecule is O=[N+]([O-])c1ccc(/C=C/C2=NOC(c3cc(Cl)cc(Cl)c3)(C(F)(F)F)C2)cc1. The number of allylic oxidation sites excluding steroid dienone is 1. The van der Waals surface area contributed by atoms with Gasteiger partial charge in [0.15, 0.2) is 0 Å². The van der Waals surface area contributed by atoms with Crippen LogP contribution in [-0.4, -0.2) is 16.8 Å². The fourth-order valence-electron chi connectivity index (χ4n) is 2.70. The molecule has 2 aromatic carbocycles. The molecule has 0 amide bonds. The zero-order valence-electron chi connectivity index (χ0n) is 13.9. The summed E-state index contributed by atoms with van der Waals surface area (Å²) in [5.41, 5.74) is -2.43. The Labute approximate surface area is 167 Å². The minimum absolute atomic E-state index is 0.0459. The van der Waals surface area contributed by atoms with Crippen LogP contribution in [0, 0.1) is 10.1 Å². The number of nitrogens with zero attached hydrogens (tertiary/aromatic N) is 2. The molecule has 0 saturated carbocycles. The largest absolute Gasteiger partial charge is 0.435 e. The van der Waals surface area contributed by atoms with Crippen molar-refractivity contribution in [1.82, 2.24) is 0 Å². The summed E-state index contributed by atoms with van der Waals surface area (Å²) < 4.78 is 41.5. The zero-order valence-corrected chi connectivity index (χ0v) is 15.4. The maximum Gasteiger partial charge on any atom is 0.435 e. The van der Waals surface area contributed by atoms with Gasteiger partial charge in [-0.1, -0.05) is 34.4 Å². The van der Waals surface area contributed by atoms with E-state index in [0.717, 1.165) is 12.1 Å². The van der Waals surface area contributed by atoms with E-state index in [1.807, 2.05) is 0 Å². The Hall–Kier alpha value is -2.58. The van der Waals surface area contributed by atoms with Crippen LogP contribution >= 0.6 is 23.2 Å². The highest BCUT2D eigenvalue weighted by atomic mass is 35.5. The van der Waals surface area contributed by atoms with Crippen molar-refractivity contribution in [3.8, 4) is 0 Å². The van der Waals surface area contributed by atoms with Crippen molar-refractivity contribution in [2.75, 3.05) is 0 Å². The molecule has 1 aliphatic rings. The van der Waals surface area contributed by atoms with Gasteiger partial charge in [0.2, 0.25) is 0 Å². The first kappa shape index (κ1) is 20.2. The maximum absolute atomic E-state index is 13.8. The quantitative estimate of drug-likeness (QED) is 0.431. The Morgan fingerprint density at radius 2 is 1.71 bits per heavy atom. The van der Waals surface area contributed by atoms with Crippen LogP contribution in [0.1, 0.15) is 17.5 Å². The van der Waals surface area contributed by atoms with Crippen LogP contribution < -0.4 is 0 Å². The van der Waals surface area contributed by atoms with Crippen LogP contribution in [-0.2, 0) is 10.4 Å². The van der Waals surface area contributed by atoms with Crippen LogP contribution in [0.5, 0.6) is 0 Å².